The van der Waals surface area contributed by atoms with Crippen molar-refractivity contribution in [2.75, 3.05) is 7.11 Å². The van der Waals surface area contributed by atoms with Gasteiger partial charge in [-0.05, 0) is 13.8 Å². The molecule has 0 aliphatic rings. The van der Waals surface area contributed by atoms with Gasteiger partial charge in [0.15, 0.2) is 5.90 Å². The van der Waals surface area contributed by atoms with E-state index in [2.05, 4.69) is 4.99 Å². The van der Waals surface area contributed by atoms with E-state index in [1.54, 1.807) is 13.3 Å². The lowest BCUT2D eigenvalue weighted by molar-refractivity contribution is 0.400. The molecule has 0 aliphatic carbocycles. The summed E-state index contributed by atoms with van der Waals surface area (Å²) < 4.78 is 4.81. The lowest BCUT2D eigenvalue weighted by Crippen LogP contribution is -1.91. The number of allylic oxidation sites excluding steroid dienone is 1. The zero-order chi connectivity index (χ0) is 7.28. The van der Waals surface area contributed by atoms with E-state index >= 15 is 0 Å². The molecule has 2 heteroatoms. The molecule has 2 nitrogen and oxygen atoms in total. The van der Waals surface area contributed by atoms with Crippen LogP contribution in [0.4, 0.5) is 0 Å². The minimum Gasteiger partial charge on any atom is -0.484 e. The number of nitrogens with zero attached hydrogens (tertiary/aromatic N) is 1. The monoisotopic (exact) mass is 127 g/mol. The first kappa shape index (κ1) is 8.21. The highest BCUT2D eigenvalue weighted by atomic mass is 16.5. The standard InChI is InChI=1S/C7H13NO/c1-6(2)5-8-7(3)9-4/h5H,1-4H3. The molecule has 0 aliphatic heterocycles. The van der Waals surface area contributed by atoms with Crippen LogP contribution in [-0.4, -0.2) is 13.0 Å². The molecule has 0 amide bonds. The fourth-order valence-corrected chi connectivity index (χ4v) is 0.273. The van der Waals surface area contributed by atoms with E-state index in [4.69, 9.17) is 4.74 Å². The molecule has 0 aromatic rings. The minimum absolute atomic E-state index is 0.691. The van der Waals surface area contributed by atoms with Gasteiger partial charge in [-0.15, -0.1) is 0 Å². The van der Waals surface area contributed by atoms with Gasteiger partial charge in [0.05, 0.1) is 7.11 Å². The average Bonchev–Trinajstić information content (AvgIpc) is 1.83. The van der Waals surface area contributed by atoms with Gasteiger partial charge in [0.25, 0.3) is 0 Å². The smallest absolute Gasteiger partial charge is 0.184 e. The van der Waals surface area contributed by atoms with Gasteiger partial charge in [-0.1, -0.05) is 5.57 Å². The van der Waals surface area contributed by atoms with Crippen molar-refractivity contribution in [3.8, 4) is 0 Å². The minimum atomic E-state index is 0.691. The van der Waals surface area contributed by atoms with Crippen LogP contribution >= 0.6 is 0 Å². The molecule has 0 bridgehead atoms. The Morgan fingerprint density at radius 2 is 1.89 bits per heavy atom. The molecular formula is C7H13NO. The molecule has 0 fully saturated rings. The quantitative estimate of drug-likeness (QED) is 0.390. The van der Waals surface area contributed by atoms with Gasteiger partial charge >= 0.3 is 0 Å². The van der Waals surface area contributed by atoms with E-state index in [1.165, 1.54) is 5.57 Å². The number of methoxy groups -OCH3 is 1. The Labute approximate surface area is 56.2 Å². The summed E-state index contributed by atoms with van der Waals surface area (Å²) in [5.41, 5.74) is 1.17. The summed E-state index contributed by atoms with van der Waals surface area (Å²) >= 11 is 0. The van der Waals surface area contributed by atoms with Crippen molar-refractivity contribution in [2.24, 2.45) is 4.99 Å². The lowest BCUT2D eigenvalue weighted by Gasteiger charge is -1.92. The lowest BCUT2D eigenvalue weighted by atomic mass is 10.4. The van der Waals surface area contributed by atoms with E-state index in [9.17, 15) is 0 Å². The van der Waals surface area contributed by atoms with Gasteiger partial charge in [0, 0.05) is 13.1 Å². The highest BCUT2D eigenvalue weighted by Gasteiger charge is 1.79. The van der Waals surface area contributed by atoms with Crippen molar-refractivity contribution in [1.82, 2.24) is 0 Å². The Bertz CT molecular complexity index is 132. The fraction of sp³-hybridized carbons (Fsp3) is 0.571. The number of hydrogen-bond donors (Lipinski definition) is 0. The summed E-state index contributed by atoms with van der Waals surface area (Å²) in [6, 6.07) is 0. The summed E-state index contributed by atoms with van der Waals surface area (Å²) in [4.78, 5) is 3.97. The van der Waals surface area contributed by atoms with Gasteiger partial charge < -0.3 is 4.74 Å². The SMILES string of the molecule is COC(C)=NC=C(C)C. The van der Waals surface area contributed by atoms with Crippen LogP contribution in [0, 0.1) is 0 Å². The number of rotatable bonds is 1. The average molecular weight is 127 g/mol. The van der Waals surface area contributed by atoms with Crippen LogP contribution in [-0.2, 0) is 4.74 Å². The summed E-state index contributed by atoms with van der Waals surface area (Å²) in [7, 11) is 1.61. The van der Waals surface area contributed by atoms with Crippen molar-refractivity contribution in [3.05, 3.63) is 11.8 Å². The first-order chi connectivity index (χ1) is 4.16. The van der Waals surface area contributed by atoms with Crippen molar-refractivity contribution >= 4 is 5.90 Å². The maximum Gasteiger partial charge on any atom is 0.184 e. The molecule has 0 aromatic heterocycles. The van der Waals surface area contributed by atoms with Crippen molar-refractivity contribution in [1.29, 1.82) is 0 Å². The maximum absolute atomic E-state index is 4.81. The normalized spacial score (nSPS) is 10.9. The number of ether oxygens (including phenoxy) is 1. The second-order valence-electron chi connectivity index (χ2n) is 2.06. The van der Waals surface area contributed by atoms with Crippen LogP contribution in [0.3, 0.4) is 0 Å². The molecule has 0 N–H and O–H groups in total. The Hall–Kier alpha value is -0.790. The Morgan fingerprint density at radius 1 is 1.33 bits per heavy atom. The van der Waals surface area contributed by atoms with E-state index in [-0.39, 0.29) is 0 Å². The van der Waals surface area contributed by atoms with Crippen molar-refractivity contribution in [3.63, 3.8) is 0 Å². The summed E-state index contributed by atoms with van der Waals surface area (Å²) in [6.45, 7) is 5.80. The van der Waals surface area contributed by atoms with E-state index in [0.717, 1.165) is 0 Å². The van der Waals surface area contributed by atoms with Crippen LogP contribution in [0.15, 0.2) is 16.8 Å². The predicted molar refractivity (Wildman–Crippen MR) is 39.5 cm³/mol. The van der Waals surface area contributed by atoms with Gasteiger partial charge in [-0.2, -0.15) is 0 Å². The summed E-state index contributed by atoms with van der Waals surface area (Å²) in [6.07, 6.45) is 1.78. The molecule has 9 heavy (non-hydrogen) atoms. The zero-order valence-corrected chi connectivity index (χ0v) is 6.43. The molecule has 0 saturated heterocycles. The first-order valence-corrected chi connectivity index (χ1v) is 2.88. The fourth-order valence-electron chi connectivity index (χ4n) is 0.273. The van der Waals surface area contributed by atoms with Crippen LogP contribution in [0.2, 0.25) is 0 Å². The van der Waals surface area contributed by atoms with Crippen molar-refractivity contribution in [2.45, 2.75) is 20.8 Å². The molecule has 0 radical (unpaired) electrons. The predicted octanol–water partition coefficient (Wildman–Crippen LogP) is 1.97. The van der Waals surface area contributed by atoms with E-state index in [1.807, 2.05) is 20.8 Å². The molecule has 52 valence electrons. The van der Waals surface area contributed by atoms with Gasteiger partial charge in [-0.25, -0.2) is 4.99 Å². The largest absolute Gasteiger partial charge is 0.484 e. The van der Waals surface area contributed by atoms with Crippen LogP contribution in [0.1, 0.15) is 20.8 Å². The Kier molecular flexibility index (Phi) is 3.76. The maximum atomic E-state index is 4.81. The van der Waals surface area contributed by atoms with Gasteiger partial charge in [-0.3, -0.25) is 0 Å². The third kappa shape index (κ3) is 5.07. The number of aliphatic imine (C=N–C) groups is 1. The topological polar surface area (TPSA) is 21.6 Å². The molecular weight excluding hydrogens is 114 g/mol. The molecule has 0 rings (SSSR count). The van der Waals surface area contributed by atoms with Crippen LogP contribution < -0.4 is 0 Å². The summed E-state index contributed by atoms with van der Waals surface area (Å²) in [5, 5.41) is 0. The highest BCUT2D eigenvalue weighted by Crippen LogP contribution is 1.89. The molecule has 0 saturated carbocycles. The number of hydrogen-bond acceptors (Lipinski definition) is 2. The van der Waals surface area contributed by atoms with Gasteiger partial charge in [0.2, 0.25) is 0 Å². The van der Waals surface area contributed by atoms with Gasteiger partial charge in [0.1, 0.15) is 0 Å². The molecule has 0 heterocycles. The molecule has 0 spiro atoms. The van der Waals surface area contributed by atoms with Crippen LogP contribution in [0.5, 0.6) is 0 Å². The second-order valence-corrected chi connectivity index (χ2v) is 2.06. The second kappa shape index (κ2) is 4.13. The highest BCUT2D eigenvalue weighted by molar-refractivity contribution is 5.73. The van der Waals surface area contributed by atoms with Crippen LogP contribution in [0.25, 0.3) is 0 Å². The van der Waals surface area contributed by atoms with E-state index in [0.29, 0.717) is 5.90 Å². The Balaban J connectivity index is 3.83. The molecule has 0 aromatic carbocycles. The summed E-state index contributed by atoms with van der Waals surface area (Å²) in [5.74, 6) is 0.691. The van der Waals surface area contributed by atoms with E-state index < -0.39 is 0 Å². The third-order valence-electron chi connectivity index (χ3n) is 0.800. The molecule has 0 atom stereocenters. The molecule has 0 unspecified atom stereocenters. The Morgan fingerprint density at radius 3 is 2.22 bits per heavy atom. The first-order valence-electron chi connectivity index (χ1n) is 2.88. The third-order valence-corrected chi connectivity index (χ3v) is 0.800. The van der Waals surface area contributed by atoms with Crippen molar-refractivity contribution < 1.29 is 4.74 Å². The zero-order valence-electron chi connectivity index (χ0n) is 6.43.